The van der Waals surface area contributed by atoms with E-state index in [0.29, 0.717) is 0 Å². The first-order chi connectivity index (χ1) is 20.1. The molecular weight excluding hydrogens is 498 g/mol. The van der Waals surface area contributed by atoms with Gasteiger partial charge < -0.3 is 8.98 Å². The summed E-state index contributed by atoms with van der Waals surface area (Å²) in [6.45, 7) is 4.64. The number of hydrogen-bond acceptors (Lipinski definition) is 1. The van der Waals surface area contributed by atoms with Crippen LogP contribution in [0, 0.1) is 0 Å². The Hall–Kier alpha value is -5.08. The fourth-order valence-corrected chi connectivity index (χ4v) is 7.26. The van der Waals surface area contributed by atoms with Gasteiger partial charge in [-0.15, -0.1) is 0 Å². The van der Waals surface area contributed by atoms with Crippen LogP contribution in [0.25, 0.3) is 71.7 Å². The average molecular weight is 526 g/mol. The molecule has 0 saturated heterocycles. The lowest BCUT2D eigenvalue weighted by atomic mass is 9.82. The maximum absolute atomic E-state index is 6.55. The molecule has 1 aliphatic carbocycles. The lowest BCUT2D eigenvalue weighted by Gasteiger charge is -2.21. The predicted octanol–water partition coefficient (Wildman–Crippen LogP) is 10.7. The van der Waals surface area contributed by atoms with Crippen molar-refractivity contribution < 1.29 is 4.42 Å². The van der Waals surface area contributed by atoms with E-state index in [9.17, 15) is 0 Å². The Bertz CT molecular complexity index is 2330. The van der Waals surface area contributed by atoms with Gasteiger partial charge in [-0.1, -0.05) is 92.7 Å². The van der Waals surface area contributed by atoms with E-state index in [0.717, 1.165) is 11.2 Å². The van der Waals surface area contributed by atoms with Gasteiger partial charge in [0.1, 0.15) is 11.2 Å². The van der Waals surface area contributed by atoms with Gasteiger partial charge in [0.15, 0.2) is 0 Å². The van der Waals surface area contributed by atoms with Gasteiger partial charge in [0.25, 0.3) is 0 Å². The van der Waals surface area contributed by atoms with Crippen molar-refractivity contribution >= 4 is 43.7 Å². The SMILES string of the molecule is CC1(C)c2ccccc2-c2cc3c(cc21)oc1cccc(-c2ccc4c(c2)c2ccccc2n4-c2ccccc2)c13. The summed E-state index contributed by atoms with van der Waals surface area (Å²) >= 11 is 0. The molecule has 194 valence electrons. The molecule has 9 rings (SSSR count). The first kappa shape index (κ1) is 22.7. The Balaban J connectivity index is 1.31. The molecule has 0 amide bonds. The standard InChI is InChI=1S/C39H27NO/c1-39(2)32-16-8-6-13-27(32)29-22-31-37(23-33(29)39)41-36-18-10-15-26(38(31)36)24-19-20-35-30(21-24)28-14-7-9-17-34(28)40(35)25-11-4-3-5-12-25/h3-23H,1-2H3. The van der Waals surface area contributed by atoms with Crippen molar-refractivity contribution in [1.29, 1.82) is 0 Å². The van der Waals surface area contributed by atoms with Crippen LogP contribution in [0.4, 0.5) is 0 Å². The summed E-state index contributed by atoms with van der Waals surface area (Å²) < 4.78 is 8.91. The zero-order valence-electron chi connectivity index (χ0n) is 23.0. The summed E-state index contributed by atoms with van der Waals surface area (Å²) in [5.41, 5.74) is 13.2. The summed E-state index contributed by atoms with van der Waals surface area (Å²) in [7, 11) is 0. The maximum atomic E-state index is 6.55. The fraction of sp³-hybridized carbons (Fsp3) is 0.0769. The van der Waals surface area contributed by atoms with E-state index in [2.05, 4.69) is 146 Å². The fourth-order valence-electron chi connectivity index (χ4n) is 7.26. The van der Waals surface area contributed by atoms with Gasteiger partial charge in [0, 0.05) is 32.6 Å². The zero-order chi connectivity index (χ0) is 27.3. The molecule has 8 aromatic rings. The highest BCUT2D eigenvalue weighted by atomic mass is 16.3. The Kier molecular flexibility index (Phi) is 4.42. The smallest absolute Gasteiger partial charge is 0.136 e. The molecule has 0 fully saturated rings. The molecule has 0 radical (unpaired) electrons. The van der Waals surface area contributed by atoms with E-state index in [1.807, 2.05) is 0 Å². The lowest BCUT2D eigenvalue weighted by Crippen LogP contribution is -2.14. The monoisotopic (exact) mass is 525 g/mol. The summed E-state index contributed by atoms with van der Waals surface area (Å²) in [4.78, 5) is 0. The second kappa shape index (κ2) is 7.99. The highest BCUT2D eigenvalue weighted by Gasteiger charge is 2.36. The molecular formula is C39H27NO. The van der Waals surface area contributed by atoms with Crippen LogP contribution < -0.4 is 0 Å². The van der Waals surface area contributed by atoms with Crippen molar-refractivity contribution in [3.8, 4) is 27.9 Å². The van der Waals surface area contributed by atoms with Crippen LogP contribution in [0.15, 0.2) is 132 Å². The van der Waals surface area contributed by atoms with Crippen LogP contribution in [0.3, 0.4) is 0 Å². The predicted molar refractivity (Wildman–Crippen MR) is 171 cm³/mol. The first-order valence-electron chi connectivity index (χ1n) is 14.3. The third-order valence-electron chi connectivity index (χ3n) is 9.20. The summed E-state index contributed by atoms with van der Waals surface area (Å²) in [5, 5.41) is 4.87. The van der Waals surface area contributed by atoms with E-state index in [1.54, 1.807) is 0 Å². The highest BCUT2D eigenvalue weighted by molar-refractivity contribution is 6.16. The lowest BCUT2D eigenvalue weighted by molar-refractivity contribution is 0.647. The minimum atomic E-state index is -0.0556. The van der Waals surface area contributed by atoms with Crippen LogP contribution in [-0.2, 0) is 5.41 Å². The minimum absolute atomic E-state index is 0.0556. The van der Waals surface area contributed by atoms with Crippen molar-refractivity contribution in [2.45, 2.75) is 19.3 Å². The van der Waals surface area contributed by atoms with Crippen LogP contribution >= 0.6 is 0 Å². The van der Waals surface area contributed by atoms with Crippen molar-refractivity contribution in [2.75, 3.05) is 0 Å². The summed E-state index contributed by atoms with van der Waals surface area (Å²) in [6.07, 6.45) is 0. The molecule has 0 atom stereocenters. The van der Waals surface area contributed by atoms with Crippen LogP contribution in [0.5, 0.6) is 0 Å². The molecule has 0 saturated carbocycles. The molecule has 0 bridgehead atoms. The molecule has 0 aliphatic heterocycles. The largest absolute Gasteiger partial charge is 0.456 e. The number of furan rings is 1. The van der Waals surface area contributed by atoms with Gasteiger partial charge in [-0.25, -0.2) is 0 Å². The molecule has 2 heterocycles. The molecule has 1 aliphatic rings. The molecule has 2 nitrogen and oxygen atoms in total. The van der Waals surface area contributed by atoms with E-state index >= 15 is 0 Å². The van der Waals surface area contributed by atoms with Gasteiger partial charge >= 0.3 is 0 Å². The van der Waals surface area contributed by atoms with Crippen molar-refractivity contribution in [1.82, 2.24) is 4.57 Å². The molecule has 2 heteroatoms. The average Bonchev–Trinajstić information content (AvgIpc) is 3.62. The Labute approximate surface area is 238 Å². The number of benzene rings is 6. The molecule has 0 unspecified atom stereocenters. The Morgan fingerprint density at radius 2 is 1.27 bits per heavy atom. The van der Waals surface area contributed by atoms with E-state index in [1.165, 1.54) is 71.6 Å². The molecule has 0 N–H and O–H groups in total. The summed E-state index contributed by atoms with van der Waals surface area (Å²) in [6, 6.07) is 46.1. The number of fused-ring (bicyclic) bond motifs is 9. The van der Waals surface area contributed by atoms with Gasteiger partial charge in [-0.2, -0.15) is 0 Å². The third-order valence-corrected chi connectivity index (χ3v) is 9.20. The van der Waals surface area contributed by atoms with Crippen LogP contribution in [0.2, 0.25) is 0 Å². The topological polar surface area (TPSA) is 18.1 Å². The molecule has 2 aromatic heterocycles. The van der Waals surface area contributed by atoms with Gasteiger partial charge in [0.2, 0.25) is 0 Å². The molecule has 0 spiro atoms. The molecule has 41 heavy (non-hydrogen) atoms. The number of para-hydroxylation sites is 2. The number of aromatic nitrogens is 1. The van der Waals surface area contributed by atoms with Gasteiger partial charge in [0.05, 0.1) is 11.0 Å². The Morgan fingerprint density at radius 3 is 2.17 bits per heavy atom. The summed E-state index contributed by atoms with van der Waals surface area (Å²) in [5.74, 6) is 0. The van der Waals surface area contributed by atoms with E-state index < -0.39 is 0 Å². The molecule has 6 aromatic carbocycles. The minimum Gasteiger partial charge on any atom is -0.456 e. The van der Waals surface area contributed by atoms with E-state index in [4.69, 9.17) is 4.42 Å². The first-order valence-corrected chi connectivity index (χ1v) is 14.3. The van der Waals surface area contributed by atoms with Crippen molar-refractivity contribution in [3.05, 3.63) is 139 Å². The number of nitrogens with zero attached hydrogens (tertiary/aromatic N) is 1. The third kappa shape index (κ3) is 3.02. The highest BCUT2D eigenvalue weighted by Crippen LogP contribution is 2.51. The van der Waals surface area contributed by atoms with Crippen molar-refractivity contribution in [2.24, 2.45) is 0 Å². The Morgan fingerprint density at radius 1 is 0.512 bits per heavy atom. The normalized spacial score (nSPS) is 13.8. The van der Waals surface area contributed by atoms with Crippen LogP contribution in [0.1, 0.15) is 25.0 Å². The second-order valence-electron chi connectivity index (χ2n) is 11.8. The van der Waals surface area contributed by atoms with Crippen LogP contribution in [-0.4, -0.2) is 4.57 Å². The van der Waals surface area contributed by atoms with Gasteiger partial charge in [-0.3, -0.25) is 0 Å². The van der Waals surface area contributed by atoms with Gasteiger partial charge in [-0.05, 0) is 81.9 Å². The maximum Gasteiger partial charge on any atom is 0.136 e. The van der Waals surface area contributed by atoms with E-state index in [-0.39, 0.29) is 5.41 Å². The second-order valence-corrected chi connectivity index (χ2v) is 11.8. The zero-order valence-corrected chi connectivity index (χ0v) is 23.0. The number of rotatable bonds is 2. The number of hydrogen-bond donors (Lipinski definition) is 0. The quantitative estimate of drug-likeness (QED) is 0.219. The van der Waals surface area contributed by atoms with Crippen molar-refractivity contribution in [3.63, 3.8) is 0 Å².